The highest BCUT2D eigenvalue weighted by molar-refractivity contribution is 6.04. The quantitative estimate of drug-likeness (QED) is 0.371. The number of aryl methyl sites for hydroxylation is 1. The fraction of sp³-hybridized carbons (Fsp3) is 0.406. The van der Waals surface area contributed by atoms with Gasteiger partial charge in [-0.2, -0.15) is 5.10 Å². The number of hydrogen-bond acceptors (Lipinski definition) is 6. The molecule has 0 saturated carbocycles. The Morgan fingerprint density at radius 2 is 1.80 bits per heavy atom. The summed E-state index contributed by atoms with van der Waals surface area (Å²) in [5, 5.41) is 9.64. The number of morpholine rings is 1. The van der Waals surface area contributed by atoms with E-state index in [0.717, 1.165) is 74.3 Å². The van der Waals surface area contributed by atoms with Crippen molar-refractivity contribution in [3.63, 3.8) is 0 Å². The average molecular weight is 539 g/mol. The summed E-state index contributed by atoms with van der Waals surface area (Å²) in [5.74, 6) is 1.10. The van der Waals surface area contributed by atoms with Crippen molar-refractivity contribution < 1.29 is 9.53 Å². The molecule has 0 radical (unpaired) electrons. The molecule has 8 heteroatoms. The molecule has 2 aromatic heterocycles. The van der Waals surface area contributed by atoms with Gasteiger partial charge in [-0.05, 0) is 86.1 Å². The number of hydrogen-bond donors (Lipinski definition) is 1. The molecule has 2 aliphatic heterocycles. The lowest BCUT2D eigenvalue weighted by Gasteiger charge is -2.29. The summed E-state index contributed by atoms with van der Waals surface area (Å²) in [7, 11) is 4.19. The number of nitrogens with zero attached hydrogens (tertiary/aromatic N) is 5. The van der Waals surface area contributed by atoms with Crippen molar-refractivity contribution in [2.45, 2.75) is 25.8 Å². The first-order valence-corrected chi connectivity index (χ1v) is 14.3. The zero-order valence-corrected chi connectivity index (χ0v) is 23.5. The predicted octanol–water partition coefficient (Wildman–Crippen LogP) is 4.60. The Morgan fingerprint density at radius 3 is 2.62 bits per heavy atom. The number of benzene rings is 2. The number of carbonyl (C=O) groups is 1. The molecule has 2 saturated heterocycles. The Hall–Kier alpha value is -3.59. The Balaban J connectivity index is 1.18. The summed E-state index contributed by atoms with van der Waals surface area (Å²) in [6.07, 6.45) is 7.21. The lowest BCUT2D eigenvalue weighted by atomic mass is 9.90. The van der Waals surface area contributed by atoms with Crippen LogP contribution in [0.3, 0.4) is 0 Å². The molecule has 40 heavy (non-hydrogen) atoms. The number of ether oxygens (including phenoxy) is 1. The minimum absolute atomic E-state index is 0.131. The van der Waals surface area contributed by atoms with Crippen LogP contribution in [0.1, 0.15) is 34.5 Å². The minimum Gasteiger partial charge on any atom is -0.379 e. The molecule has 0 atom stereocenters. The van der Waals surface area contributed by atoms with Crippen LogP contribution in [0.2, 0.25) is 0 Å². The first-order valence-electron chi connectivity index (χ1n) is 14.3. The molecule has 2 fully saturated rings. The first kappa shape index (κ1) is 26.6. The number of pyridine rings is 1. The third kappa shape index (κ3) is 6.09. The fourth-order valence-corrected chi connectivity index (χ4v) is 5.87. The molecule has 208 valence electrons. The van der Waals surface area contributed by atoms with E-state index in [1.54, 1.807) is 0 Å². The lowest BCUT2D eigenvalue weighted by molar-refractivity contribution is 0.0332. The van der Waals surface area contributed by atoms with Crippen molar-refractivity contribution >= 4 is 22.5 Å². The summed E-state index contributed by atoms with van der Waals surface area (Å²) >= 11 is 0. The highest BCUT2D eigenvalue weighted by Gasteiger charge is 2.19. The number of rotatable bonds is 7. The molecule has 0 unspecified atom stereocenters. The number of aromatic nitrogens is 3. The van der Waals surface area contributed by atoms with Crippen LogP contribution in [0.5, 0.6) is 0 Å². The van der Waals surface area contributed by atoms with E-state index >= 15 is 0 Å². The van der Waals surface area contributed by atoms with E-state index < -0.39 is 0 Å². The van der Waals surface area contributed by atoms with Gasteiger partial charge >= 0.3 is 0 Å². The monoisotopic (exact) mass is 538 g/mol. The highest BCUT2D eigenvalue weighted by Crippen LogP contribution is 2.29. The third-order valence-corrected chi connectivity index (χ3v) is 8.36. The molecule has 8 nitrogen and oxygen atoms in total. The van der Waals surface area contributed by atoms with Gasteiger partial charge in [0.05, 0.1) is 25.1 Å². The van der Waals surface area contributed by atoms with E-state index in [1.807, 2.05) is 48.4 Å². The highest BCUT2D eigenvalue weighted by atomic mass is 16.5. The third-order valence-electron chi connectivity index (χ3n) is 8.36. The van der Waals surface area contributed by atoms with Gasteiger partial charge in [0.25, 0.3) is 5.91 Å². The summed E-state index contributed by atoms with van der Waals surface area (Å²) in [5.41, 5.74) is 5.31. The SMILES string of the molecule is CN1CCC(Cc2cccc(C(=O)Nc3cc4cc(-c5cnn(C)c5CN5CCOCC5)ccc4cn3)c2)CC1. The van der Waals surface area contributed by atoms with Crippen LogP contribution >= 0.6 is 0 Å². The molecule has 4 heterocycles. The van der Waals surface area contributed by atoms with Crippen molar-refractivity contribution in [1.82, 2.24) is 24.6 Å². The number of carbonyl (C=O) groups excluding carboxylic acids is 1. The average Bonchev–Trinajstić information content (AvgIpc) is 3.34. The van der Waals surface area contributed by atoms with Gasteiger partial charge in [0.15, 0.2) is 0 Å². The molecular formula is C32H38N6O2. The van der Waals surface area contributed by atoms with Gasteiger partial charge in [0, 0.05) is 49.4 Å². The topological polar surface area (TPSA) is 75.5 Å². The smallest absolute Gasteiger partial charge is 0.256 e. The number of anilines is 1. The van der Waals surface area contributed by atoms with Crippen LogP contribution in [-0.2, 0) is 24.8 Å². The zero-order chi connectivity index (χ0) is 27.5. The van der Waals surface area contributed by atoms with Crippen LogP contribution in [-0.4, -0.2) is 76.9 Å². The van der Waals surface area contributed by atoms with Crippen molar-refractivity contribution in [3.05, 3.63) is 77.7 Å². The molecule has 0 bridgehead atoms. The van der Waals surface area contributed by atoms with Crippen LogP contribution in [0.25, 0.3) is 21.9 Å². The molecule has 2 aromatic carbocycles. The van der Waals surface area contributed by atoms with E-state index in [2.05, 4.69) is 56.5 Å². The normalized spacial score (nSPS) is 17.4. The van der Waals surface area contributed by atoms with Crippen molar-refractivity contribution in [3.8, 4) is 11.1 Å². The van der Waals surface area contributed by atoms with E-state index in [4.69, 9.17) is 4.74 Å². The molecule has 4 aromatic rings. The zero-order valence-electron chi connectivity index (χ0n) is 23.5. The minimum atomic E-state index is -0.131. The fourth-order valence-electron chi connectivity index (χ4n) is 5.87. The maximum atomic E-state index is 13.2. The van der Waals surface area contributed by atoms with Gasteiger partial charge < -0.3 is 15.0 Å². The van der Waals surface area contributed by atoms with Crippen LogP contribution in [0, 0.1) is 5.92 Å². The van der Waals surface area contributed by atoms with Gasteiger partial charge in [0.1, 0.15) is 5.82 Å². The van der Waals surface area contributed by atoms with Gasteiger partial charge in [0.2, 0.25) is 0 Å². The van der Waals surface area contributed by atoms with Crippen molar-refractivity contribution in [2.24, 2.45) is 13.0 Å². The van der Waals surface area contributed by atoms with Gasteiger partial charge in [-0.25, -0.2) is 4.98 Å². The van der Waals surface area contributed by atoms with Crippen LogP contribution < -0.4 is 5.32 Å². The molecule has 0 spiro atoms. The summed E-state index contributed by atoms with van der Waals surface area (Å²) in [6.45, 7) is 6.53. The van der Waals surface area contributed by atoms with Crippen molar-refractivity contribution in [1.29, 1.82) is 0 Å². The number of likely N-dealkylation sites (tertiary alicyclic amines) is 1. The first-order chi connectivity index (χ1) is 19.5. The van der Waals surface area contributed by atoms with E-state index in [1.165, 1.54) is 24.1 Å². The van der Waals surface area contributed by atoms with E-state index in [-0.39, 0.29) is 5.91 Å². The van der Waals surface area contributed by atoms with Gasteiger partial charge in [-0.3, -0.25) is 14.4 Å². The Kier molecular flexibility index (Phi) is 7.91. The second-order valence-corrected chi connectivity index (χ2v) is 11.3. The standard InChI is InChI=1S/C32H38N6O2/c1-36-10-8-23(9-11-36)16-24-4-3-5-26(17-24)32(39)35-31-19-28-18-25(6-7-27(28)20-33-31)29-21-34-37(2)30(29)22-38-12-14-40-15-13-38/h3-7,17-21,23H,8-16,22H2,1-2H3,(H,33,35,39). The number of piperidine rings is 1. The van der Waals surface area contributed by atoms with Gasteiger partial charge in [-0.1, -0.05) is 24.3 Å². The Morgan fingerprint density at radius 1 is 0.975 bits per heavy atom. The number of fused-ring (bicyclic) bond motifs is 1. The number of nitrogens with one attached hydrogen (secondary N) is 1. The molecular weight excluding hydrogens is 500 g/mol. The summed E-state index contributed by atoms with van der Waals surface area (Å²) < 4.78 is 7.48. The molecule has 6 rings (SSSR count). The molecule has 2 aliphatic rings. The van der Waals surface area contributed by atoms with Gasteiger partial charge in [-0.15, -0.1) is 0 Å². The summed E-state index contributed by atoms with van der Waals surface area (Å²) in [4.78, 5) is 22.5. The predicted molar refractivity (Wildman–Crippen MR) is 158 cm³/mol. The van der Waals surface area contributed by atoms with Crippen LogP contribution in [0.15, 0.2) is 60.9 Å². The van der Waals surface area contributed by atoms with Crippen LogP contribution in [0.4, 0.5) is 5.82 Å². The number of amides is 1. The second kappa shape index (κ2) is 11.9. The molecule has 1 amide bonds. The molecule has 0 aliphatic carbocycles. The van der Waals surface area contributed by atoms with Crippen molar-refractivity contribution in [2.75, 3.05) is 51.8 Å². The summed E-state index contributed by atoms with van der Waals surface area (Å²) in [6, 6.07) is 16.4. The Labute approximate surface area is 235 Å². The largest absolute Gasteiger partial charge is 0.379 e. The Bertz CT molecular complexity index is 1480. The maximum Gasteiger partial charge on any atom is 0.256 e. The maximum absolute atomic E-state index is 13.2. The molecule has 1 N–H and O–H groups in total. The lowest BCUT2D eigenvalue weighted by Crippen LogP contribution is -2.36. The second-order valence-electron chi connectivity index (χ2n) is 11.3. The van der Waals surface area contributed by atoms with E-state index in [9.17, 15) is 4.79 Å². The van der Waals surface area contributed by atoms with E-state index in [0.29, 0.717) is 17.3 Å².